The molecule has 0 atom stereocenters. The normalized spacial score (nSPS) is 16.8. The summed E-state index contributed by atoms with van der Waals surface area (Å²) in [4.78, 5) is 2.63. The molecule has 0 radical (unpaired) electrons. The topological polar surface area (TPSA) is 84.7 Å². The van der Waals surface area contributed by atoms with Gasteiger partial charge in [-0.05, 0) is 31.2 Å². The Balaban J connectivity index is 1.80. The lowest BCUT2D eigenvalue weighted by Gasteiger charge is -2.26. The predicted molar refractivity (Wildman–Crippen MR) is 84.3 cm³/mol. The molecule has 0 amide bonds. The van der Waals surface area contributed by atoms with Crippen molar-refractivity contribution in [3.05, 3.63) is 18.2 Å². The fourth-order valence-electron chi connectivity index (χ4n) is 2.28. The Kier molecular flexibility index (Phi) is 5.44. The van der Waals surface area contributed by atoms with E-state index in [0.29, 0.717) is 5.69 Å². The third kappa shape index (κ3) is 4.87. The smallest absolute Gasteiger partial charge is 0.175 e. The molecule has 7 heteroatoms. The zero-order chi connectivity index (χ0) is 15.3. The van der Waals surface area contributed by atoms with Crippen LogP contribution < -0.4 is 11.1 Å². The minimum Gasteiger partial charge on any atom is -0.397 e. The van der Waals surface area contributed by atoms with E-state index in [4.69, 9.17) is 10.5 Å². The van der Waals surface area contributed by atoms with Crippen molar-refractivity contribution in [2.24, 2.45) is 0 Å². The third-order valence-electron chi connectivity index (χ3n) is 3.52. The van der Waals surface area contributed by atoms with Crippen LogP contribution in [0, 0.1) is 0 Å². The number of nitrogens with two attached hydrogens (primary N) is 1. The summed E-state index contributed by atoms with van der Waals surface area (Å²) < 4.78 is 28.2. The fraction of sp³-hybridized carbons (Fsp3) is 0.571. The molecule has 1 aliphatic heterocycles. The van der Waals surface area contributed by atoms with Gasteiger partial charge in [-0.1, -0.05) is 0 Å². The molecule has 1 aromatic carbocycles. The summed E-state index contributed by atoms with van der Waals surface area (Å²) in [5, 5.41) is 3.25. The Labute approximate surface area is 126 Å². The number of nitrogens with zero attached hydrogens (tertiary/aromatic N) is 1. The monoisotopic (exact) mass is 313 g/mol. The molecule has 0 bridgehead atoms. The highest BCUT2D eigenvalue weighted by Crippen LogP contribution is 2.22. The second kappa shape index (κ2) is 7.11. The van der Waals surface area contributed by atoms with E-state index in [-0.39, 0.29) is 4.90 Å². The van der Waals surface area contributed by atoms with Gasteiger partial charge in [-0.3, -0.25) is 4.90 Å². The van der Waals surface area contributed by atoms with Gasteiger partial charge in [-0.15, -0.1) is 0 Å². The quantitative estimate of drug-likeness (QED) is 0.597. The summed E-state index contributed by atoms with van der Waals surface area (Å²) in [6.07, 6.45) is 2.18. The van der Waals surface area contributed by atoms with Gasteiger partial charge >= 0.3 is 0 Å². The van der Waals surface area contributed by atoms with E-state index in [1.165, 1.54) is 12.3 Å². The van der Waals surface area contributed by atoms with Crippen molar-refractivity contribution < 1.29 is 13.2 Å². The number of hydrogen-bond donors (Lipinski definition) is 2. The SMILES string of the molecule is CS(=O)(=O)c1ccc(NCCCN2CCOCC2)c(N)c1. The molecule has 21 heavy (non-hydrogen) atoms. The van der Waals surface area contributed by atoms with E-state index in [9.17, 15) is 8.42 Å². The largest absolute Gasteiger partial charge is 0.397 e. The molecule has 0 aliphatic carbocycles. The molecule has 0 spiro atoms. The Bertz CT molecular complexity index is 569. The van der Waals surface area contributed by atoms with Crippen LogP contribution in [0.4, 0.5) is 11.4 Å². The maximum Gasteiger partial charge on any atom is 0.175 e. The zero-order valence-corrected chi connectivity index (χ0v) is 13.2. The highest BCUT2D eigenvalue weighted by atomic mass is 32.2. The molecule has 0 saturated carbocycles. The third-order valence-corrected chi connectivity index (χ3v) is 4.63. The van der Waals surface area contributed by atoms with Crippen LogP contribution in [0.1, 0.15) is 6.42 Å². The van der Waals surface area contributed by atoms with Gasteiger partial charge in [0, 0.05) is 25.9 Å². The molecule has 0 unspecified atom stereocenters. The molecule has 1 aromatic rings. The molecule has 1 aliphatic rings. The van der Waals surface area contributed by atoms with Gasteiger partial charge in [0.2, 0.25) is 0 Å². The van der Waals surface area contributed by atoms with Crippen molar-refractivity contribution in [2.45, 2.75) is 11.3 Å². The van der Waals surface area contributed by atoms with E-state index >= 15 is 0 Å². The number of anilines is 2. The molecule has 0 aromatic heterocycles. The van der Waals surface area contributed by atoms with E-state index in [1.807, 2.05) is 0 Å². The molecule has 1 saturated heterocycles. The fourth-order valence-corrected chi connectivity index (χ4v) is 2.94. The van der Waals surface area contributed by atoms with Gasteiger partial charge in [-0.25, -0.2) is 8.42 Å². The van der Waals surface area contributed by atoms with Crippen LogP contribution in [0.3, 0.4) is 0 Å². The lowest BCUT2D eigenvalue weighted by atomic mass is 10.2. The van der Waals surface area contributed by atoms with Gasteiger partial charge in [0.25, 0.3) is 0 Å². The van der Waals surface area contributed by atoms with Gasteiger partial charge in [0.1, 0.15) is 0 Å². The average molecular weight is 313 g/mol. The van der Waals surface area contributed by atoms with Crippen molar-refractivity contribution in [1.29, 1.82) is 0 Å². The van der Waals surface area contributed by atoms with Crippen LogP contribution >= 0.6 is 0 Å². The number of ether oxygens (including phenoxy) is 1. The molecule has 3 N–H and O–H groups in total. The van der Waals surface area contributed by atoms with Crippen molar-refractivity contribution in [3.8, 4) is 0 Å². The second-order valence-corrected chi connectivity index (χ2v) is 7.27. The first-order valence-corrected chi connectivity index (χ1v) is 8.99. The first-order chi connectivity index (χ1) is 9.97. The number of morpholine rings is 1. The van der Waals surface area contributed by atoms with E-state index in [0.717, 1.165) is 51.5 Å². The summed E-state index contributed by atoms with van der Waals surface area (Å²) in [6.45, 7) is 5.44. The summed E-state index contributed by atoms with van der Waals surface area (Å²) >= 11 is 0. The molecule has 1 fully saturated rings. The lowest BCUT2D eigenvalue weighted by molar-refractivity contribution is 0.0378. The highest BCUT2D eigenvalue weighted by Gasteiger charge is 2.11. The van der Waals surface area contributed by atoms with E-state index in [1.54, 1.807) is 12.1 Å². The Morgan fingerprint density at radius 2 is 2.05 bits per heavy atom. The Morgan fingerprint density at radius 3 is 2.67 bits per heavy atom. The first kappa shape index (κ1) is 16.1. The lowest BCUT2D eigenvalue weighted by Crippen LogP contribution is -2.37. The predicted octanol–water partition coefficient (Wildman–Crippen LogP) is 0.807. The van der Waals surface area contributed by atoms with Gasteiger partial charge in [0.15, 0.2) is 9.84 Å². The van der Waals surface area contributed by atoms with Crippen molar-refractivity contribution in [3.63, 3.8) is 0 Å². The minimum atomic E-state index is -3.21. The zero-order valence-electron chi connectivity index (χ0n) is 12.3. The van der Waals surface area contributed by atoms with Gasteiger partial charge < -0.3 is 15.8 Å². The van der Waals surface area contributed by atoms with E-state index < -0.39 is 9.84 Å². The van der Waals surface area contributed by atoms with Crippen LogP contribution in [-0.4, -0.2) is 59.0 Å². The standard InChI is InChI=1S/C14H23N3O3S/c1-21(18,19)12-3-4-14(13(15)11-12)16-5-2-6-17-7-9-20-10-8-17/h3-4,11,16H,2,5-10,15H2,1H3. The molecular formula is C14H23N3O3S. The van der Waals surface area contributed by atoms with E-state index in [2.05, 4.69) is 10.2 Å². The van der Waals surface area contributed by atoms with Crippen molar-refractivity contribution >= 4 is 21.2 Å². The van der Waals surface area contributed by atoms with Gasteiger partial charge in [-0.2, -0.15) is 0 Å². The maximum absolute atomic E-state index is 11.4. The Morgan fingerprint density at radius 1 is 1.33 bits per heavy atom. The molecule has 118 valence electrons. The Hall–Kier alpha value is -1.31. The molecule has 2 rings (SSSR count). The van der Waals surface area contributed by atoms with Crippen LogP contribution in [0.25, 0.3) is 0 Å². The summed E-state index contributed by atoms with van der Waals surface area (Å²) in [5.41, 5.74) is 7.13. The maximum atomic E-state index is 11.4. The second-order valence-electron chi connectivity index (χ2n) is 5.26. The summed E-state index contributed by atoms with van der Waals surface area (Å²) in [6, 6.07) is 4.80. The molecular weight excluding hydrogens is 290 g/mol. The van der Waals surface area contributed by atoms with Crippen LogP contribution in [0.2, 0.25) is 0 Å². The van der Waals surface area contributed by atoms with Crippen LogP contribution in [0.5, 0.6) is 0 Å². The summed E-state index contributed by atoms with van der Waals surface area (Å²) in [7, 11) is -3.21. The van der Waals surface area contributed by atoms with Crippen molar-refractivity contribution in [1.82, 2.24) is 4.90 Å². The summed E-state index contributed by atoms with van der Waals surface area (Å²) in [5.74, 6) is 0. The van der Waals surface area contributed by atoms with Crippen LogP contribution in [-0.2, 0) is 14.6 Å². The highest BCUT2D eigenvalue weighted by molar-refractivity contribution is 7.90. The molecule has 6 nitrogen and oxygen atoms in total. The number of nitrogens with one attached hydrogen (secondary N) is 1. The number of sulfone groups is 1. The number of rotatable bonds is 6. The minimum absolute atomic E-state index is 0.249. The number of hydrogen-bond acceptors (Lipinski definition) is 6. The average Bonchev–Trinajstić information content (AvgIpc) is 2.45. The van der Waals surface area contributed by atoms with Gasteiger partial charge in [0.05, 0.1) is 29.5 Å². The molecule has 1 heterocycles. The van der Waals surface area contributed by atoms with Crippen molar-refractivity contribution in [2.75, 3.05) is 56.7 Å². The number of benzene rings is 1. The first-order valence-electron chi connectivity index (χ1n) is 7.10. The number of nitrogen functional groups attached to an aromatic ring is 1. The van der Waals surface area contributed by atoms with Crippen LogP contribution in [0.15, 0.2) is 23.1 Å².